The van der Waals surface area contributed by atoms with E-state index in [0.717, 1.165) is 11.8 Å². The average molecular weight is 318 g/mol. The number of hydrogen-bond acceptors (Lipinski definition) is 4. The van der Waals surface area contributed by atoms with Crippen LogP contribution in [0.15, 0.2) is 23.4 Å². The SMILES string of the molecule is Cn1c(SCC(=O)O)nnc1-c1cc(Cl)ccc1Cl. The van der Waals surface area contributed by atoms with Gasteiger partial charge in [0.1, 0.15) is 0 Å². The van der Waals surface area contributed by atoms with E-state index in [1.165, 1.54) is 0 Å². The normalized spacial score (nSPS) is 10.7. The number of carboxylic acid groups (broad SMARTS) is 1. The van der Waals surface area contributed by atoms with E-state index in [1.54, 1.807) is 29.8 Å². The van der Waals surface area contributed by atoms with Crippen LogP contribution in [0.1, 0.15) is 0 Å². The van der Waals surface area contributed by atoms with E-state index in [9.17, 15) is 4.79 Å². The molecule has 0 bridgehead atoms. The highest BCUT2D eigenvalue weighted by Gasteiger charge is 2.15. The minimum atomic E-state index is -0.907. The van der Waals surface area contributed by atoms with Crippen LogP contribution in [0.3, 0.4) is 0 Å². The molecule has 0 saturated heterocycles. The van der Waals surface area contributed by atoms with Gasteiger partial charge in [-0.05, 0) is 18.2 Å². The Kier molecular flexibility index (Phi) is 4.34. The van der Waals surface area contributed by atoms with Crippen molar-refractivity contribution in [1.29, 1.82) is 0 Å². The molecule has 100 valence electrons. The van der Waals surface area contributed by atoms with Gasteiger partial charge < -0.3 is 9.67 Å². The molecule has 0 aliphatic carbocycles. The number of rotatable bonds is 4. The summed E-state index contributed by atoms with van der Waals surface area (Å²) >= 11 is 13.1. The van der Waals surface area contributed by atoms with Crippen LogP contribution in [0.4, 0.5) is 0 Å². The Bertz CT molecular complexity index is 630. The topological polar surface area (TPSA) is 68.0 Å². The van der Waals surface area contributed by atoms with Crippen molar-refractivity contribution in [3.63, 3.8) is 0 Å². The predicted octanol–water partition coefficient (Wildman–Crippen LogP) is 2.97. The number of nitrogens with zero attached hydrogens (tertiary/aromatic N) is 3. The quantitative estimate of drug-likeness (QED) is 0.878. The summed E-state index contributed by atoms with van der Waals surface area (Å²) in [4.78, 5) is 10.5. The van der Waals surface area contributed by atoms with Crippen molar-refractivity contribution in [3.8, 4) is 11.4 Å². The minimum Gasteiger partial charge on any atom is -0.481 e. The third-order valence-corrected chi connectivity index (χ3v) is 3.90. The standard InChI is InChI=1S/C11H9Cl2N3O2S/c1-16-10(7-4-6(12)2-3-8(7)13)14-15-11(16)19-5-9(17)18/h2-4H,5H2,1H3,(H,17,18). The lowest BCUT2D eigenvalue weighted by atomic mass is 10.2. The van der Waals surface area contributed by atoms with Crippen LogP contribution in [-0.2, 0) is 11.8 Å². The van der Waals surface area contributed by atoms with Crippen molar-refractivity contribution >= 4 is 40.9 Å². The number of hydrogen-bond donors (Lipinski definition) is 1. The van der Waals surface area contributed by atoms with Crippen LogP contribution >= 0.6 is 35.0 Å². The fourth-order valence-electron chi connectivity index (χ4n) is 1.47. The second kappa shape index (κ2) is 5.81. The summed E-state index contributed by atoms with van der Waals surface area (Å²) in [5.74, 6) is -0.439. The number of aliphatic carboxylic acids is 1. The summed E-state index contributed by atoms with van der Waals surface area (Å²) < 4.78 is 1.69. The molecule has 19 heavy (non-hydrogen) atoms. The first-order valence-electron chi connectivity index (χ1n) is 5.18. The summed E-state index contributed by atoms with van der Waals surface area (Å²) in [5.41, 5.74) is 0.659. The van der Waals surface area contributed by atoms with Gasteiger partial charge in [-0.1, -0.05) is 35.0 Å². The van der Waals surface area contributed by atoms with Gasteiger partial charge in [-0.3, -0.25) is 4.79 Å². The Labute approximate surface area is 123 Å². The van der Waals surface area contributed by atoms with E-state index in [4.69, 9.17) is 28.3 Å². The molecule has 1 N–H and O–H groups in total. The van der Waals surface area contributed by atoms with Gasteiger partial charge >= 0.3 is 5.97 Å². The smallest absolute Gasteiger partial charge is 0.313 e. The second-order valence-electron chi connectivity index (χ2n) is 3.67. The van der Waals surface area contributed by atoms with Crippen LogP contribution in [0.5, 0.6) is 0 Å². The Balaban J connectivity index is 2.36. The van der Waals surface area contributed by atoms with E-state index in [0.29, 0.717) is 26.6 Å². The van der Waals surface area contributed by atoms with Crippen LogP contribution in [-0.4, -0.2) is 31.6 Å². The molecule has 0 aliphatic heterocycles. The maximum Gasteiger partial charge on any atom is 0.313 e. The lowest BCUT2D eigenvalue weighted by Crippen LogP contribution is -2.01. The van der Waals surface area contributed by atoms with Gasteiger partial charge in [-0.2, -0.15) is 0 Å². The van der Waals surface area contributed by atoms with Crippen molar-refractivity contribution in [1.82, 2.24) is 14.8 Å². The first kappa shape index (κ1) is 14.2. The Morgan fingerprint density at radius 3 is 2.84 bits per heavy atom. The fraction of sp³-hybridized carbons (Fsp3) is 0.182. The summed E-state index contributed by atoms with van der Waals surface area (Å²) in [6, 6.07) is 5.06. The maximum atomic E-state index is 10.5. The fourth-order valence-corrected chi connectivity index (χ4v) is 2.48. The number of benzene rings is 1. The van der Waals surface area contributed by atoms with E-state index in [-0.39, 0.29) is 5.75 Å². The van der Waals surface area contributed by atoms with E-state index >= 15 is 0 Å². The highest BCUT2D eigenvalue weighted by Crippen LogP contribution is 2.30. The zero-order valence-electron chi connectivity index (χ0n) is 9.80. The zero-order chi connectivity index (χ0) is 14.0. The Morgan fingerprint density at radius 2 is 2.16 bits per heavy atom. The van der Waals surface area contributed by atoms with Crippen molar-refractivity contribution in [3.05, 3.63) is 28.2 Å². The second-order valence-corrected chi connectivity index (χ2v) is 5.46. The Hall–Kier alpha value is -1.24. The molecule has 1 heterocycles. The van der Waals surface area contributed by atoms with Gasteiger partial charge in [0.25, 0.3) is 0 Å². The largest absolute Gasteiger partial charge is 0.481 e. The number of aromatic nitrogens is 3. The van der Waals surface area contributed by atoms with Crippen LogP contribution < -0.4 is 0 Å². The number of halogens is 2. The summed E-state index contributed by atoms with van der Waals surface area (Å²) in [5, 5.41) is 18.2. The number of carbonyl (C=O) groups is 1. The lowest BCUT2D eigenvalue weighted by molar-refractivity contribution is -0.133. The minimum absolute atomic E-state index is 0.0742. The van der Waals surface area contributed by atoms with E-state index < -0.39 is 5.97 Å². The highest BCUT2D eigenvalue weighted by atomic mass is 35.5. The van der Waals surface area contributed by atoms with Crippen molar-refractivity contribution < 1.29 is 9.90 Å². The molecule has 0 fully saturated rings. The van der Waals surface area contributed by atoms with Crippen molar-refractivity contribution in [2.24, 2.45) is 7.05 Å². The van der Waals surface area contributed by atoms with Crippen LogP contribution in [0, 0.1) is 0 Å². The lowest BCUT2D eigenvalue weighted by Gasteiger charge is -2.05. The molecule has 0 unspecified atom stereocenters. The maximum absolute atomic E-state index is 10.5. The Morgan fingerprint density at radius 1 is 1.42 bits per heavy atom. The first-order valence-corrected chi connectivity index (χ1v) is 6.92. The molecule has 0 spiro atoms. The third kappa shape index (κ3) is 3.20. The molecule has 1 aromatic carbocycles. The van der Waals surface area contributed by atoms with Crippen molar-refractivity contribution in [2.75, 3.05) is 5.75 Å². The molecule has 2 aromatic rings. The van der Waals surface area contributed by atoms with E-state index in [1.807, 2.05) is 0 Å². The summed E-state index contributed by atoms with van der Waals surface area (Å²) in [7, 11) is 1.75. The zero-order valence-corrected chi connectivity index (χ0v) is 12.1. The summed E-state index contributed by atoms with van der Waals surface area (Å²) in [6.07, 6.45) is 0. The molecule has 0 amide bonds. The molecule has 5 nitrogen and oxygen atoms in total. The number of thioether (sulfide) groups is 1. The molecule has 0 aliphatic rings. The van der Waals surface area contributed by atoms with Crippen LogP contribution in [0.25, 0.3) is 11.4 Å². The molecule has 1 aromatic heterocycles. The molecular weight excluding hydrogens is 309 g/mol. The number of carboxylic acids is 1. The molecule has 8 heteroatoms. The summed E-state index contributed by atoms with van der Waals surface area (Å²) in [6.45, 7) is 0. The van der Waals surface area contributed by atoms with Crippen LogP contribution in [0.2, 0.25) is 10.0 Å². The monoisotopic (exact) mass is 317 g/mol. The predicted molar refractivity (Wildman–Crippen MR) is 74.8 cm³/mol. The van der Waals surface area contributed by atoms with Gasteiger partial charge in [0.2, 0.25) is 0 Å². The molecule has 0 saturated carbocycles. The van der Waals surface area contributed by atoms with Gasteiger partial charge in [0.15, 0.2) is 11.0 Å². The highest BCUT2D eigenvalue weighted by molar-refractivity contribution is 7.99. The molecule has 0 radical (unpaired) electrons. The first-order chi connectivity index (χ1) is 8.99. The molecule has 0 atom stereocenters. The average Bonchev–Trinajstić information content (AvgIpc) is 2.71. The van der Waals surface area contributed by atoms with Gasteiger partial charge in [-0.25, -0.2) is 0 Å². The van der Waals surface area contributed by atoms with E-state index in [2.05, 4.69) is 10.2 Å². The molecular formula is C11H9Cl2N3O2S. The van der Waals surface area contributed by atoms with Gasteiger partial charge in [-0.15, -0.1) is 10.2 Å². The molecule has 2 rings (SSSR count). The van der Waals surface area contributed by atoms with Gasteiger partial charge in [0.05, 0.1) is 10.8 Å². The van der Waals surface area contributed by atoms with Crippen molar-refractivity contribution in [2.45, 2.75) is 5.16 Å². The third-order valence-electron chi connectivity index (χ3n) is 2.33. The van der Waals surface area contributed by atoms with Gasteiger partial charge in [0, 0.05) is 17.6 Å².